The van der Waals surface area contributed by atoms with Gasteiger partial charge in [-0.3, -0.25) is 9.52 Å². The Balaban J connectivity index is 1.76. The van der Waals surface area contributed by atoms with Crippen molar-refractivity contribution in [3.63, 3.8) is 0 Å². The number of rotatable bonds is 11. The predicted octanol–water partition coefficient (Wildman–Crippen LogP) is 2.52. The van der Waals surface area contributed by atoms with Gasteiger partial charge in [-0.1, -0.05) is 25.5 Å². The SMILES string of the molecule is CC#CCC(C)[C@H](O)C=C[C@@H]1[C@H]2C[C@@H](CCCCC(=O)NS(=O)(=O)C(C)C)O[C@H]2C[C@H]1O. The average molecular weight is 470 g/mol. The summed E-state index contributed by atoms with van der Waals surface area (Å²) in [6, 6.07) is 0. The molecule has 3 N–H and O–H groups in total. The van der Waals surface area contributed by atoms with E-state index >= 15 is 0 Å². The topological polar surface area (TPSA) is 113 Å². The maximum atomic E-state index is 11.8. The Hall–Kier alpha value is -1.40. The van der Waals surface area contributed by atoms with E-state index in [9.17, 15) is 23.4 Å². The molecule has 0 aromatic heterocycles. The van der Waals surface area contributed by atoms with Crippen LogP contribution in [0.4, 0.5) is 0 Å². The van der Waals surface area contributed by atoms with Crippen molar-refractivity contribution in [2.24, 2.45) is 17.8 Å². The number of carbonyl (C=O) groups excluding carboxylic acids is 1. The molecule has 1 unspecified atom stereocenters. The van der Waals surface area contributed by atoms with Gasteiger partial charge in [-0.25, -0.2) is 8.42 Å². The van der Waals surface area contributed by atoms with Gasteiger partial charge in [0.05, 0.1) is 29.7 Å². The van der Waals surface area contributed by atoms with Crippen LogP contribution in [-0.2, 0) is 19.6 Å². The number of ether oxygens (including phenoxy) is 1. The van der Waals surface area contributed by atoms with Crippen LogP contribution in [0.2, 0.25) is 0 Å². The highest BCUT2D eigenvalue weighted by molar-refractivity contribution is 7.90. The van der Waals surface area contributed by atoms with Gasteiger partial charge in [0.25, 0.3) is 0 Å². The Kier molecular flexibility index (Phi) is 10.2. The molecule has 1 amide bonds. The second kappa shape index (κ2) is 12.2. The maximum Gasteiger partial charge on any atom is 0.237 e. The highest BCUT2D eigenvalue weighted by Gasteiger charge is 2.47. The Morgan fingerprint density at radius 2 is 1.97 bits per heavy atom. The number of hydrogen-bond donors (Lipinski definition) is 3. The van der Waals surface area contributed by atoms with Gasteiger partial charge in [0.1, 0.15) is 0 Å². The molecule has 8 heteroatoms. The quantitative estimate of drug-likeness (QED) is 0.243. The van der Waals surface area contributed by atoms with Gasteiger partial charge in [-0.05, 0) is 51.9 Å². The maximum absolute atomic E-state index is 11.8. The number of amides is 1. The second-order valence-corrected chi connectivity index (χ2v) is 11.7. The third-order valence-corrected chi connectivity index (χ3v) is 8.32. The predicted molar refractivity (Wildman–Crippen MR) is 124 cm³/mol. The highest BCUT2D eigenvalue weighted by Crippen LogP contribution is 2.45. The zero-order chi connectivity index (χ0) is 23.9. The highest BCUT2D eigenvalue weighted by atomic mass is 32.2. The van der Waals surface area contributed by atoms with E-state index in [-0.39, 0.29) is 36.4 Å². The molecule has 7 nitrogen and oxygen atoms in total. The van der Waals surface area contributed by atoms with E-state index in [1.807, 2.05) is 13.0 Å². The van der Waals surface area contributed by atoms with Crippen LogP contribution in [0.15, 0.2) is 12.2 Å². The summed E-state index contributed by atoms with van der Waals surface area (Å²) in [4.78, 5) is 11.8. The number of nitrogens with one attached hydrogen (secondary N) is 1. The van der Waals surface area contributed by atoms with Crippen molar-refractivity contribution in [2.45, 2.75) is 102 Å². The molecule has 2 fully saturated rings. The molecular weight excluding hydrogens is 430 g/mol. The number of aliphatic hydroxyl groups is 2. The fraction of sp³-hybridized carbons (Fsp3) is 0.792. The summed E-state index contributed by atoms with van der Waals surface area (Å²) in [5.74, 6) is 5.60. The molecule has 2 rings (SSSR count). The number of sulfonamides is 1. The van der Waals surface area contributed by atoms with Crippen LogP contribution >= 0.6 is 0 Å². The van der Waals surface area contributed by atoms with Gasteiger partial charge in [-0.15, -0.1) is 11.8 Å². The smallest absolute Gasteiger partial charge is 0.237 e. The first-order chi connectivity index (χ1) is 15.0. The van der Waals surface area contributed by atoms with Crippen molar-refractivity contribution in [1.82, 2.24) is 4.72 Å². The minimum Gasteiger partial charge on any atom is -0.392 e. The van der Waals surface area contributed by atoms with Crippen molar-refractivity contribution in [3.8, 4) is 11.8 Å². The van der Waals surface area contributed by atoms with Gasteiger partial charge < -0.3 is 14.9 Å². The molecule has 7 atom stereocenters. The molecule has 1 saturated carbocycles. The second-order valence-electron chi connectivity index (χ2n) is 9.42. The van der Waals surface area contributed by atoms with Crippen molar-refractivity contribution >= 4 is 15.9 Å². The molecule has 1 heterocycles. The average Bonchev–Trinajstić information content (AvgIpc) is 3.23. The summed E-state index contributed by atoms with van der Waals surface area (Å²) in [6.45, 7) is 6.81. The zero-order valence-electron chi connectivity index (χ0n) is 19.7. The lowest BCUT2D eigenvalue weighted by atomic mass is 9.88. The lowest BCUT2D eigenvalue weighted by molar-refractivity contribution is -0.119. The first-order valence-electron chi connectivity index (χ1n) is 11.7. The minimum atomic E-state index is -3.57. The van der Waals surface area contributed by atoms with Crippen LogP contribution in [0.1, 0.15) is 72.6 Å². The lowest BCUT2D eigenvalue weighted by Gasteiger charge is -2.19. The number of fused-ring (bicyclic) bond motifs is 1. The fourth-order valence-corrected chi connectivity index (χ4v) is 5.09. The number of unbranched alkanes of at least 4 members (excludes halogenated alkanes) is 1. The zero-order valence-corrected chi connectivity index (χ0v) is 20.5. The molecule has 1 aliphatic carbocycles. The minimum absolute atomic E-state index is 0.0182. The lowest BCUT2D eigenvalue weighted by Crippen LogP contribution is -2.35. The Labute approximate surface area is 193 Å². The molecule has 32 heavy (non-hydrogen) atoms. The van der Waals surface area contributed by atoms with E-state index in [1.54, 1.807) is 13.0 Å². The van der Waals surface area contributed by atoms with Crippen LogP contribution in [0.3, 0.4) is 0 Å². The Morgan fingerprint density at radius 3 is 2.62 bits per heavy atom. The van der Waals surface area contributed by atoms with Crippen LogP contribution in [0, 0.1) is 29.6 Å². The first kappa shape index (κ1) is 26.8. The molecule has 0 spiro atoms. The van der Waals surface area contributed by atoms with Crippen LogP contribution in [-0.4, -0.2) is 54.2 Å². The van der Waals surface area contributed by atoms with E-state index in [0.717, 1.165) is 19.3 Å². The van der Waals surface area contributed by atoms with Crippen molar-refractivity contribution in [3.05, 3.63) is 12.2 Å². The molecule has 0 radical (unpaired) electrons. The Morgan fingerprint density at radius 1 is 1.25 bits per heavy atom. The molecule has 182 valence electrons. The third kappa shape index (κ3) is 7.58. The fourth-order valence-electron chi connectivity index (χ4n) is 4.43. The summed E-state index contributed by atoms with van der Waals surface area (Å²) in [6.07, 6.45) is 7.21. The van der Waals surface area contributed by atoms with Gasteiger partial charge in [0, 0.05) is 25.2 Å². The molecule has 2 aliphatic rings. The van der Waals surface area contributed by atoms with Crippen LogP contribution in [0.5, 0.6) is 0 Å². The number of aliphatic hydroxyl groups excluding tert-OH is 2. The van der Waals surface area contributed by atoms with E-state index in [2.05, 4.69) is 16.6 Å². The summed E-state index contributed by atoms with van der Waals surface area (Å²) in [7, 11) is -3.57. The molecule has 0 aromatic rings. The van der Waals surface area contributed by atoms with Gasteiger partial charge >= 0.3 is 0 Å². The summed E-state index contributed by atoms with van der Waals surface area (Å²) in [5.41, 5.74) is 0. The molecule has 0 bridgehead atoms. The third-order valence-electron chi connectivity index (χ3n) is 6.56. The molecule has 1 aliphatic heterocycles. The van der Waals surface area contributed by atoms with Crippen molar-refractivity contribution in [2.75, 3.05) is 0 Å². The monoisotopic (exact) mass is 469 g/mol. The van der Waals surface area contributed by atoms with Gasteiger partial charge in [-0.2, -0.15) is 0 Å². The summed E-state index contributed by atoms with van der Waals surface area (Å²) < 4.78 is 31.7. The number of carbonyl (C=O) groups is 1. The van der Waals surface area contributed by atoms with E-state index in [4.69, 9.17) is 4.74 Å². The largest absolute Gasteiger partial charge is 0.392 e. The normalized spacial score (nSPS) is 29.5. The van der Waals surface area contributed by atoms with E-state index in [1.165, 1.54) is 13.8 Å². The van der Waals surface area contributed by atoms with Crippen molar-refractivity contribution < 1.29 is 28.2 Å². The summed E-state index contributed by atoms with van der Waals surface area (Å²) in [5, 5.41) is 20.2. The van der Waals surface area contributed by atoms with Gasteiger partial charge in [0.15, 0.2) is 0 Å². The number of hydrogen-bond acceptors (Lipinski definition) is 6. The van der Waals surface area contributed by atoms with Crippen molar-refractivity contribution in [1.29, 1.82) is 0 Å². The van der Waals surface area contributed by atoms with E-state index < -0.39 is 33.4 Å². The van der Waals surface area contributed by atoms with Crippen LogP contribution in [0.25, 0.3) is 0 Å². The molecule has 1 saturated heterocycles. The summed E-state index contributed by atoms with van der Waals surface area (Å²) >= 11 is 0. The first-order valence-corrected chi connectivity index (χ1v) is 13.2. The van der Waals surface area contributed by atoms with E-state index in [0.29, 0.717) is 19.3 Å². The molecule has 0 aromatic carbocycles. The van der Waals surface area contributed by atoms with Gasteiger partial charge in [0.2, 0.25) is 15.9 Å². The Bertz CT molecular complexity index is 812. The standard InChI is InChI=1S/C24H39NO6S/c1-5-6-9-17(4)21(26)13-12-19-20-14-18(31-23(20)15-22(19)27)10-7-8-11-24(28)25-32(29,30)16(2)3/h12-13,16-23,26-27H,7-11,14-15H2,1-4H3,(H,25,28)/t17?,18-,19-,20-,21-,22-,23+/m1/s1. The molecular formula is C24H39NO6S. The van der Waals surface area contributed by atoms with Crippen LogP contribution < -0.4 is 4.72 Å².